The fourth-order valence-corrected chi connectivity index (χ4v) is 3.90. The third kappa shape index (κ3) is 3.26. The molecule has 0 fully saturated rings. The average molecular weight is 380 g/mol. The lowest BCUT2D eigenvalue weighted by Gasteiger charge is -2.07. The molecule has 2 heterocycles. The van der Waals surface area contributed by atoms with Crippen LogP contribution in [0.3, 0.4) is 0 Å². The van der Waals surface area contributed by atoms with Crippen LogP contribution in [0.25, 0.3) is 21.0 Å². The minimum atomic E-state index is -0.354. The van der Waals surface area contributed by atoms with Gasteiger partial charge in [-0.1, -0.05) is 35.6 Å². The highest BCUT2D eigenvalue weighted by Crippen LogP contribution is 2.27. The van der Waals surface area contributed by atoms with Crippen molar-refractivity contribution in [3.8, 4) is 0 Å². The smallest absolute Gasteiger partial charge is 0.273 e. The maximum atomic E-state index is 12.5. The van der Waals surface area contributed by atoms with E-state index in [4.69, 9.17) is 0 Å². The summed E-state index contributed by atoms with van der Waals surface area (Å²) in [6, 6.07) is 12.5. The number of carbonyl (C=O) groups is 1. The Balaban J connectivity index is 1.51. The number of fused-ring (bicyclic) bond motifs is 2. The normalized spacial score (nSPS) is 11.1. The molecule has 0 aliphatic rings. The SMILES string of the molecule is Cc1cccc2sc(NC(=O)CCn3[nH]c(=O)c4ccccc4c3=O)nc12. The van der Waals surface area contributed by atoms with Gasteiger partial charge in [-0.15, -0.1) is 0 Å². The molecule has 0 aliphatic carbocycles. The maximum absolute atomic E-state index is 12.5. The van der Waals surface area contributed by atoms with Crippen LogP contribution in [0.2, 0.25) is 0 Å². The van der Waals surface area contributed by atoms with Crippen LogP contribution in [-0.4, -0.2) is 20.7 Å². The van der Waals surface area contributed by atoms with Crippen molar-refractivity contribution in [3.05, 3.63) is 68.7 Å². The molecule has 0 atom stereocenters. The topological polar surface area (TPSA) is 96.9 Å². The van der Waals surface area contributed by atoms with Gasteiger partial charge in [-0.3, -0.25) is 19.5 Å². The zero-order valence-electron chi connectivity index (χ0n) is 14.5. The molecule has 2 N–H and O–H groups in total. The lowest BCUT2D eigenvalue weighted by Crippen LogP contribution is -2.31. The number of benzene rings is 2. The number of thiazole rings is 1. The number of nitrogens with one attached hydrogen (secondary N) is 2. The summed E-state index contributed by atoms with van der Waals surface area (Å²) >= 11 is 1.40. The molecule has 2 aromatic carbocycles. The van der Waals surface area contributed by atoms with E-state index in [-0.39, 0.29) is 30.0 Å². The van der Waals surface area contributed by atoms with Gasteiger partial charge in [0.15, 0.2) is 5.13 Å². The van der Waals surface area contributed by atoms with Gasteiger partial charge < -0.3 is 5.32 Å². The second kappa shape index (κ2) is 6.81. The van der Waals surface area contributed by atoms with Crippen LogP contribution in [0.1, 0.15) is 12.0 Å². The van der Waals surface area contributed by atoms with E-state index in [0.717, 1.165) is 15.8 Å². The zero-order valence-corrected chi connectivity index (χ0v) is 15.3. The number of rotatable bonds is 4. The van der Waals surface area contributed by atoms with Crippen LogP contribution < -0.4 is 16.4 Å². The molecule has 0 bridgehead atoms. The van der Waals surface area contributed by atoms with E-state index in [1.807, 2.05) is 25.1 Å². The Hall–Kier alpha value is -3.26. The summed E-state index contributed by atoms with van der Waals surface area (Å²) in [5.74, 6) is -0.271. The van der Waals surface area contributed by atoms with Crippen molar-refractivity contribution in [1.29, 1.82) is 0 Å². The van der Waals surface area contributed by atoms with Crippen LogP contribution >= 0.6 is 11.3 Å². The molecule has 0 saturated carbocycles. The first-order chi connectivity index (χ1) is 13.0. The molecule has 0 spiro atoms. The highest BCUT2D eigenvalue weighted by molar-refractivity contribution is 7.22. The van der Waals surface area contributed by atoms with Gasteiger partial charge in [-0.2, -0.15) is 0 Å². The molecule has 136 valence electrons. The lowest BCUT2D eigenvalue weighted by atomic mass is 10.2. The molecule has 0 aliphatic heterocycles. The van der Waals surface area contributed by atoms with E-state index >= 15 is 0 Å². The van der Waals surface area contributed by atoms with Crippen molar-refractivity contribution < 1.29 is 4.79 Å². The predicted octanol–water partition coefficient (Wildman–Crippen LogP) is 2.64. The molecule has 4 rings (SSSR count). The van der Waals surface area contributed by atoms with Gasteiger partial charge in [0, 0.05) is 6.42 Å². The van der Waals surface area contributed by atoms with Gasteiger partial charge >= 0.3 is 0 Å². The molecule has 0 radical (unpaired) electrons. The number of anilines is 1. The number of carbonyl (C=O) groups excluding carboxylic acids is 1. The van der Waals surface area contributed by atoms with E-state index in [2.05, 4.69) is 15.4 Å². The monoisotopic (exact) mass is 380 g/mol. The van der Waals surface area contributed by atoms with Gasteiger partial charge in [0.2, 0.25) is 5.91 Å². The number of hydrogen-bond donors (Lipinski definition) is 2. The molecule has 0 saturated heterocycles. The highest BCUT2D eigenvalue weighted by atomic mass is 32.1. The molecule has 27 heavy (non-hydrogen) atoms. The van der Waals surface area contributed by atoms with E-state index < -0.39 is 0 Å². The predicted molar refractivity (Wildman–Crippen MR) is 106 cm³/mol. The highest BCUT2D eigenvalue weighted by Gasteiger charge is 2.11. The summed E-state index contributed by atoms with van der Waals surface area (Å²) in [5.41, 5.74) is 1.23. The van der Waals surface area contributed by atoms with Crippen molar-refractivity contribution in [2.75, 3.05) is 5.32 Å². The number of para-hydroxylation sites is 1. The van der Waals surface area contributed by atoms with E-state index in [0.29, 0.717) is 15.9 Å². The molecule has 4 aromatic rings. The van der Waals surface area contributed by atoms with Gasteiger partial charge in [0.1, 0.15) is 0 Å². The van der Waals surface area contributed by atoms with Crippen molar-refractivity contribution in [1.82, 2.24) is 14.8 Å². The molecule has 7 nitrogen and oxygen atoms in total. The van der Waals surface area contributed by atoms with E-state index in [1.54, 1.807) is 24.3 Å². The summed E-state index contributed by atoms with van der Waals surface area (Å²) in [6.07, 6.45) is 0.0447. The zero-order chi connectivity index (χ0) is 19.0. The lowest BCUT2D eigenvalue weighted by molar-refractivity contribution is -0.116. The molecular weight excluding hydrogens is 364 g/mol. The third-order valence-electron chi connectivity index (χ3n) is 4.31. The molecule has 1 amide bonds. The minimum Gasteiger partial charge on any atom is -0.302 e. The largest absolute Gasteiger partial charge is 0.302 e. The first-order valence-corrected chi connectivity index (χ1v) is 9.22. The van der Waals surface area contributed by atoms with Crippen LogP contribution in [0, 0.1) is 6.92 Å². The summed E-state index contributed by atoms with van der Waals surface area (Å²) < 4.78 is 2.17. The quantitative estimate of drug-likeness (QED) is 0.569. The van der Waals surface area contributed by atoms with Gasteiger partial charge in [0.05, 0.1) is 27.5 Å². The number of amides is 1. The molecule has 8 heteroatoms. The van der Waals surface area contributed by atoms with Gasteiger partial charge in [-0.25, -0.2) is 9.67 Å². The van der Waals surface area contributed by atoms with Crippen LogP contribution in [0.5, 0.6) is 0 Å². The fourth-order valence-electron chi connectivity index (χ4n) is 2.94. The number of hydrogen-bond acceptors (Lipinski definition) is 5. The Kier molecular flexibility index (Phi) is 4.33. The summed E-state index contributed by atoms with van der Waals surface area (Å²) in [4.78, 5) is 41.2. The standard InChI is InChI=1S/C19H16N4O3S/c1-11-5-4-8-14-16(11)21-19(27-14)20-15(24)9-10-23-18(26)13-7-3-2-6-12(13)17(25)22-23/h2-8H,9-10H2,1H3,(H,22,25)(H,20,21,24). The molecule has 2 aromatic heterocycles. The van der Waals surface area contributed by atoms with E-state index in [1.165, 1.54) is 16.0 Å². The second-order valence-corrected chi connectivity index (χ2v) is 7.21. The van der Waals surface area contributed by atoms with Gasteiger partial charge in [-0.05, 0) is 30.7 Å². The number of aromatic amines is 1. The van der Waals surface area contributed by atoms with Crippen molar-refractivity contribution >= 4 is 43.4 Å². The molecular formula is C19H16N4O3S. The Morgan fingerprint density at radius 2 is 1.93 bits per heavy atom. The molecule has 0 unspecified atom stereocenters. The number of aryl methyl sites for hydroxylation is 2. The van der Waals surface area contributed by atoms with Crippen LogP contribution in [0.15, 0.2) is 52.1 Å². The summed E-state index contributed by atoms with van der Waals surface area (Å²) in [7, 11) is 0. The number of aromatic nitrogens is 3. The summed E-state index contributed by atoms with van der Waals surface area (Å²) in [5, 5.41) is 6.48. The van der Waals surface area contributed by atoms with Crippen LogP contribution in [-0.2, 0) is 11.3 Å². The van der Waals surface area contributed by atoms with Crippen molar-refractivity contribution in [2.45, 2.75) is 19.9 Å². The minimum absolute atomic E-state index is 0.0447. The number of nitrogens with zero attached hydrogens (tertiary/aromatic N) is 2. The number of H-pyrrole nitrogens is 1. The Bertz CT molecular complexity index is 1290. The van der Waals surface area contributed by atoms with E-state index in [9.17, 15) is 14.4 Å². The Morgan fingerprint density at radius 3 is 2.70 bits per heavy atom. The maximum Gasteiger partial charge on any atom is 0.273 e. The first kappa shape index (κ1) is 17.2. The first-order valence-electron chi connectivity index (χ1n) is 8.41. The Morgan fingerprint density at radius 1 is 1.15 bits per heavy atom. The fraction of sp³-hybridized carbons (Fsp3) is 0.158. The average Bonchev–Trinajstić information content (AvgIpc) is 3.07. The van der Waals surface area contributed by atoms with Gasteiger partial charge in [0.25, 0.3) is 11.1 Å². The second-order valence-electron chi connectivity index (χ2n) is 6.18. The summed E-state index contributed by atoms with van der Waals surface area (Å²) in [6.45, 7) is 2.05. The van der Waals surface area contributed by atoms with Crippen molar-refractivity contribution in [2.24, 2.45) is 0 Å². The third-order valence-corrected chi connectivity index (χ3v) is 5.25. The van der Waals surface area contributed by atoms with Crippen molar-refractivity contribution in [3.63, 3.8) is 0 Å². The Labute approximate surface area is 157 Å². The van der Waals surface area contributed by atoms with Crippen LogP contribution in [0.4, 0.5) is 5.13 Å².